The van der Waals surface area contributed by atoms with E-state index >= 15 is 0 Å². The molecule has 15 heavy (non-hydrogen) atoms. The average molecular weight is 209 g/mol. The summed E-state index contributed by atoms with van der Waals surface area (Å²) in [6.45, 7) is 11.7. The van der Waals surface area contributed by atoms with Crippen LogP contribution in [0.3, 0.4) is 0 Å². The Bertz CT molecular complexity index is 318. The second-order valence-corrected chi connectivity index (χ2v) is 5.83. The van der Waals surface area contributed by atoms with Crippen molar-refractivity contribution in [2.45, 2.75) is 51.9 Å². The van der Waals surface area contributed by atoms with Gasteiger partial charge in [0.1, 0.15) is 0 Å². The minimum absolute atomic E-state index is 0.102. The van der Waals surface area contributed by atoms with Crippen LogP contribution in [0.5, 0.6) is 0 Å². The molecular formula is C12H23N3. The van der Waals surface area contributed by atoms with Crippen molar-refractivity contribution in [3.63, 3.8) is 0 Å². The lowest BCUT2D eigenvalue weighted by molar-refractivity contribution is 0.463. The molecule has 0 unspecified atom stereocenters. The predicted octanol–water partition coefficient (Wildman–Crippen LogP) is 2.33. The number of aromatic nitrogens is 2. The zero-order chi connectivity index (χ0) is 11.7. The molecule has 0 fully saturated rings. The van der Waals surface area contributed by atoms with Gasteiger partial charge < -0.3 is 5.73 Å². The molecule has 0 atom stereocenters. The van der Waals surface area contributed by atoms with E-state index in [4.69, 9.17) is 5.73 Å². The Labute approximate surface area is 92.5 Å². The molecule has 0 bridgehead atoms. The number of hydrogen-bond acceptors (Lipinski definition) is 2. The van der Waals surface area contributed by atoms with E-state index in [-0.39, 0.29) is 10.8 Å². The lowest BCUT2D eigenvalue weighted by Crippen LogP contribution is -2.26. The summed E-state index contributed by atoms with van der Waals surface area (Å²) < 4.78 is 0. The van der Waals surface area contributed by atoms with Crippen molar-refractivity contribution >= 4 is 0 Å². The van der Waals surface area contributed by atoms with Gasteiger partial charge in [0.15, 0.2) is 0 Å². The van der Waals surface area contributed by atoms with E-state index in [0.29, 0.717) is 6.54 Å². The Morgan fingerprint density at radius 2 is 1.87 bits per heavy atom. The summed E-state index contributed by atoms with van der Waals surface area (Å²) in [7, 11) is 0. The maximum Gasteiger partial charge on any atom is 0.0527 e. The molecule has 3 N–H and O–H groups in total. The molecule has 0 amide bonds. The van der Waals surface area contributed by atoms with Crippen molar-refractivity contribution in [1.82, 2.24) is 10.2 Å². The number of nitrogens with zero attached hydrogens (tertiary/aromatic N) is 1. The van der Waals surface area contributed by atoms with Crippen LogP contribution >= 0.6 is 0 Å². The highest BCUT2D eigenvalue weighted by Crippen LogP contribution is 2.33. The molecule has 3 heteroatoms. The molecule has 0 saturated carbocycles. The number of nitrogens with two attached hydrogens (primary N) is 1. The second-order valence-electron chi connectivity index (χ2n) is 5.83. The molecule has 3 nitrogen and oxygen atoms in total. The zero-order valence-corrected chi connectivity index (χ0v) is 10.5. The highest BCUT2D eigenvalue weighted by molar-refractivity contribution is 5.30. The molecule has 0 saturated heterocycles. The summed E-state index contributed by atoms with van der Waals surface area (Å²) >= 11 is 0. The third-order valence-corrected chi connectivity index (χ3v) is 2.89. The standard InChI is InChI=1S/C12H23N3/c1-11(2,3)10-9(8-14-15-10)12(4,5)6-7-13/h8H,6-7,13H2,1-5H3,(H,14,15). The van der Waals surface area contributed by atoms with Gasteiger partial charge in [-0.25, -0.2) is 0 Å². The summed E-state index contributed by atoms with van der Waals surface area (Å²) in [4.78, 5) is 0. The van der Waals surface area contributed by atoms with Gasteiger partial charge >= 0.3 is 0 Å². The molecule has 1 heterocycles. The number of rotatable bonds is 3. The first kappa shape index (κ1) is 12.2. The van der Waals surface area contributed by atoms with E-state index in [1.54, 1.807) is 0 Å². The Hall–Kier alpha value is -0.830. The van der Waals surface area contributed by atoms with E-state index in [1.807, 2.05) is 6.20 Å². The Morgan fingerprint density at radius 3 is 2.33 bits per heavy atom. The van der Waals surface area contributed by atoms with Crippen molar-refractivity contribution in [1.29, 1.82) is 0 Å². The molecule has 0 spiro atoms. The molecule has 86 valence electrons. The quantitative estimate of drug-likeness (QED) is 0.802. The van der Waals surface area contributed by atoms with Crippen LogP contribution in [0, 0.1) is 0 Å². The van der Waals surface area contributed by atoms with E-state index in [0.717, 1.165) is 6.42 Å². The maximum atomic E-state index is 5.65. The van der Waals surface area contributed by atoms with Gasteiger partial charge in [-0.05, 0) is 23.9 Å². The fourth-order valence-corrected chi connectivity index (χ4v) is 1.87. The molecule has 0 aromatic carbocycles. The Morgan fingerprint density at radius 1 is 1.27 bits per heavy atom. The minimum atomic E-state index is 0.102. The molecule has 0 aliphatic rings. The second kappa shape index (κ2) is 3.97. The van der Waals surface area contributed by atoms with Gasteiger partial charge in [0.2, 0.25) is 0 Å². The smallest absolute Gasteiger partial charge is 0.0527 e. The van der Waals surface area contributed by atoms with Crippen molar-refractivity contribution in [2.24, 2.45) is 5.73 Å². The SMILES string of the molecule is CC(C)(C)c1[nH]ncc1C(C)(C)CCN. The van der Waals surface area contributed by atoms with Crippen LogP contribution in [-0.2, 0) is 10.8 Å². The Kier molecular flexibility index (Phi) is 3.24. The third-order valence-electron chi connectivity index (χ3n) is 2.89. The maximum absolute atomic E-state index is 5.65. The largest absolute Gasteiger partial charge is 0.330 e. The molecule has 1 aromatic heterocycles. The van der Waals surface area contributed by atoms with Crippen LogP contribution in [-0.4, -0.2) is 16.7 Å². The molecular weight excluding hydrogens is 186 g/mol. The van der Waals surface area contributed by atoms with Crippen LogP contribution in [0.2, 0.25) is 0 Å². The summed E-state index contributed by atoms with van der Waals surface area (Å²) in [5.74, 6) is 0. The van der Waals surface area contributed by atoms with Gasteiger partial charge in [-0.3, -0.25) is 5.10 Å². The van der Waals surface area contributed by atoms with Gasteiger partial charge in [0.05, 0.1) is 6.20 Å². The van der Waals surface area contributed by atoms with Gasteiger partial charge in [-0.1, -0.05) is 34.6 Å². The highest BCUT2D eigenvalue weighted by atomic mass is 15.1. The predicted molar refractivity (Wildman–Crippen MR) is 64.0 cm³/mol. The lowest BCUT2D eigenvalue weighted by atomic mass is 9.77. The monoisotopic (exact) mass is 209 g/mol. The fourth-order valence-electron chi connectivity index (χ4n) is 1.87. The van der Waals surface area contributed by atoms with Crippen molar-refractivity contribution in [2.75, 3.05) is 6.54 Å². The van der Waals surface area contributed by atoms with Gasteiger partial charge in [0.25, 0.3) is 0 Å². The molecule has 1 rings (SSSR count). The van der Waals surface area contributed by atoms with E-state index in [2.05, 4.69) is 44.8 Å². The third kappa shape index (κ3) is 2.59. The first-order chi connectivity index (χ1) is 6.79. The topological polar surface area (TPSA) is 54.7 Å². The molecule has 0 radical (unpaired) electrons. The fraction of sp³-hybridized carbons (Fsp3) is 0.750. The average Bonchev–Trinajstić information content (AvgIpc) is 2.49. The Balaban J connectivity index is 3.10. The van der Waals surface area contributed by atoms with Gasteiger partial charge in [0, 0.05) is 11.1 Å². The number of aromatic amines is 1. The summed E-state index contributed by atoms with van der Waals surface area (Å²) in [5.41, 5.74) is 8.37. The minimum Gasteiger partial charge on any atom is -0.330 e. The summed E-state index contributed by atoms with van der Waals surface area (Å²) in [5, 5.41) is 7.29. The molecule has 0 aliphatic carbocycles. The normalized spacial score (nSPS) is 13.2. The lowest BCUT2D eigenvalue weighted by Gasteiger charge is -2.28. The van der Waals surface area contributed by atoms with Crippen LogP contribution < -0.4 is 5.73 Å². The van der Waals surface area contributed by atoms with Crippen LogP contribution in [0.15, 0.2) is 6.20 Å². The van der Waals surface area contributed by atoms with Crippen LogP contribution in [0.4, 0.5) is 0 Å². The first-order valence-corrected chi connectivity index (χ1v) is 5.53. The number of H-pyrrole nitrogens is 1. The van der Waals surface area contributed by atoms with E-state index in [1.165, 1.54) is 11.3 Å². The van der Waals surface area contributed by atoms with Crippen molar-refractivity contribution in [3.8, 4) is 0 Å². The highest BCUT2D eigenvalue weighted by Gasteiger charge is 2.29. The van der Waals surface area contributed by atoms with Crippen molar-refractivity contribution < 1.29 is 0 Å². The number of hydrogen-bond donors (Lipinski definition) is 2. The summed E-state index contributed by atoms with van der Waals surface area (Å²) in [6.07, 6.45) is 2.92. The summed E-state index contributed by atoms with van der Waals surface area (Å²) in [6, 6.07) is 0. The van der Waals surface area contributed by atoms with E-state index < -0.39 is 0 Å². The van der Waals surface area contributed by atoms with Gasteiger partial charge in [-0.2, -0.15) is 5.10 Å². The zero-order valence-electron chi connectivity index (χ0n) is 10.5. The number of nitrogens with one attached hydrogen (secondary N) is 1. The molecule has 1 aromatic rings. The van der Waals surface area contributed by atoms with E-state index in [9.17, 15) is 0 Å². The van der Waals surface area contributed by atoms with Crippen LogP contribution in [0.1, 0.15) is 52.3 Å². The first-order valence-electron chi connectivity index (χ1n) is 5.53. The molecule has 0 aliphatic heterocycles. The van der Waals surface area contributed by atoms with Crippen molar-refractivity contribution in [3.05, 3.63) is 17.5 Å². The van der Waals surface area contributed by atoms with Crippen LogP contribution in [0.25, 0.3) is 0 Å². The van der Waals surface area contributed by atoms with Gasteiger partial charge in [-0.15, -0.1) is 0 Å².